The van der Waals surface area contributed by atoms with Gasteiger partial charge in [-0.25, -0.2) is 9.97 Å². The van der Waals surface area contributed by atoms with Crippen LogP contribution in [0.1, 0.15) is 42.7 Å². The fourth-order valence-electron chi connectivity index (χ4n) is 2.65. The molecule has 0 radical (unpaired) electrons. The molecule has 0 spiro atoms. The van der Waals surface area contributed by atoms with E-state index in [9.17, 15) is 0 Å². The molecule has 0 fully saturated rings. The molecular formula is C19H24N4O. The van der Waals surface area contributed by atoms with Crippen LogP contribution in [0.15, 0.2) is 53.4 Å². The fraction of sp³-hybridized carbons (Fsp3) is 0.368. The van der Waals surface area contributed by atoms with Crippen LogP contribution in [0.25, 0.3) is 0 Å². The second kappa shape index (κ2) is 7.45. The van der Waals surface area contributed by atoms with Gasteiger partial charge in [0, 0.05) is 31.4 Å². The second-order valence-corrected chi connectivity index (χ2v) is 6.46. The third-order valence-corrected chi connectivity index (χ3v) is 3.90. The SMILES string of the molecule is CC(C)c1nc(CN(C)Cc2nccn2Cc2ccccc2)co1. The summed E-state index contributed by atoms with van der Waals surface area (Å²) in [5.74, 6) is 2.16. The summed E-state index contributed by atoms with van der Waals surface area (Å²) < 4.78 is 7.69. The second-order valence-electron chi connectivity index (χ2n) is 6.46. The van der Waals surface area contributed by atoms with Gasteiger partial charge in [0.15, 0.2) is 5.89 Å². The lowest BCUT2D eigenvalue weighted by molar-refractivity contribution is 0.302. The molecule has 0 saturated carbocycles. The Labute approximate surface area is 143 Å². The van der Waals surface area contributed by atoms with E-state index in [0.717, 1.165) is 37.0 Å². The van der Waals surface area contributed by atoms with Crippen molar-refractivity contribution in [3.8, 4) is 0 Å². The lowest BCUT2D eigenvalue weighted by Gasteiger charge is -2.16. The van der Waals surface area contributed by atoms with Crippen molar-refractivity contribution in [1.82, 2.24) is 19.4 Å². The molecule has 2 heterocycles. The van der Waals surface area contributed by atoms with E-state index in [2.05, 4.69) is 64.6 Å². The van der Waals surface area contributed by atoms with Crippen molar-refractivity contribution in [3.63, 3.8) is 0 Å². The number of hydrogen-bond donors (Lipinski definition) is 0. The first-order valence-electron chi connectivity index (χ1n) is 8.28. The molecule has 126 valence electrons. The summed E-state index contributed by atoms with van der Waals surface area (Å²) in [5, 5.41) is 0. The summed E-state index contributed by atoms with van der Waals surface area (Å²) in [4.78, 5) is 11.2. The topological polar surface area (TPSA) is 47.1 Å². The van der Waals surface area contributed by atoms with E-state index < -0.39 is 0 Å². The number of aromatic nitrogens is 3. The molecule has 3 aromatic rings. The van der Waals surface area contributed by atoms with Gasteiger partial charge in [-0.1, -0.05) is 44.2 Å². The number of imidazole rings is 1. The predicted octanol–water partition coefficient (Wildman–Crippen LogP) is 3.67. The van der Waals surface area contributed by atoms with Gasteiger partial charge in [0.05, 0.1) is 12.2 Å². The summed E-state index contributed by atoms with van der Waals surface area (Å²) in [6, 6.07) is 10.4. The van der Waals surface area contributed by atoms with Crippen molar-refractivity contribution in [2.24, 2.45) is 0 Å². The van der Waals surface area contributed by atoms with Crippen LogP contribution in [0.4, 0.5) is 0 Å². The third-order valence-electron chi connectivity index (χ3n) is 3.90. The summed E-state index contributed by atoms with van der Waals surface area (Å²) in [6.07, 6.45) is 5.64. The summed E-state index contributed by atoms with van der Waals surface area (Å²) in [7, 11) is 2.07. The van der Waals surface area contributed by atoms with Gasteiger partial charge >= 0.3 is 0 Å². The van der Waals surface area contributed by atoms with E-state index in [1.807, 2.05) is 18.5 Å². The average molecular weight is 324 g/mol. The van der Waals surface area contributed by atoms with Crippen LogP contribution >= 0.6 is 0 Å². The third kappa shape index (κ3) is 4.11. The molecule has 24 heavy (non-hydrogen) atoms. The van der Waals surface area contributed by atoms with Crippen molar-refractivity contribution in [1.29, 1.82) is 0 Å². The minimum Gasteiger partial charge on any atom is -0.448 e. The highest BCUT2D eigenvalue weighted by molar-refractivity contribution is 5.15. The highest BCUT2D eigenvalue weighted by Gasteiger charge is 2.12. The van der Waals surface area contributed by atoms with Gasteiger partial charge in [-0.2, -0.15) is 0 Å². The van der Waals surface area contributed by atoms with Gasteiger partial charge < -0.3 is 8.98 Å². The van der Waals surface area contributed by atoms with Crippen LogP contribution in [0, 0.1) is 0 Å². The molecule has 0 bridgehead atoms. The Bertz CT molecular complexity index is 761. The Kier molecular flexibility index (Phi) is 5.11. The highest BCUT2D eigenvalue weighted by Crippen LogP contribution is 2.15. The first-order valence-corrected chi connectivity index (χ1v) is 8.28. The average Bonchev–Trinajstić information content (AvgIpc) is 3.18. The van der Waals surface area contributed by atoms with Crippen LogP contribution in [0.2, 0.25) is 0 Å². The molecule has 0 aliphatic carbocycles. The molecule has 5 nitrogen and oxygen atoms in total. The molecule has 0 aliphatic rings. The van der Waals surface area contributed by atoms with E-state index in [-0.39, 0.29) is 0 Å². The number of oxazole rings is 1. The maximum Gasteiger partial charge on any atom is 0.196 e. The number of benzene rings is 1. The van der Waals surface area contributed by atoms with Gasteiger partial charge in [-0.05, 0) is 12.6 Å². The molecule has 2 aromatic heterocycles. The van der Waals surface area contributed by atoms with Gasteiger partial charge in [0.1, 0.15) is 12.1 Å². The fourth-order valence-corrected chi connectivity index (χ4v) is 2.65. The van der Waals surface area contributed by atoms with Crippen LogP contribution < -0.4 is 0 Å². The van der Waals surface area contributed by atoms with Crippen molar-refractivity contribution >= 4 is 0 Å². The molecule has 1 aromatic carbocycles. The molecule has 0 N–H and O–H groups in total. The first kappa shape index (κ1) is 16.5. The number of rotatable bonds is 7. The van der Waals surface area contributed by atoms with Crippen LogP contribution in [0.3, 0.4) is 0 Å². The van der Waals surface area contributed by atoms with Gasteiger partial charge in [0.25, 0.3) is 0 Å². The van der Waals surface area contributed by atoms with E-state index in [1.54, 1.807) is 6.26 Å². The van der Waals surface area contributed by atoms with Gasteiger partial charge in [0.2, 0.25) is 0 Å². The van der Waals surface area contributed by atoms with Crippen molar-refractivity contribution < 1.29 is 4.42 Å². The molecule has 3 rings (SSSR count). The Morgan fingerprint density at radius 2 is 1.96 bits per heavy atom. The zero-order valence-electron chi connectivity index (χ0n) is 14.5. The maximum absolute atomic E-state index is 5.51. The minimum absolute atomic E-state index is 0.314. The molecule has 0 aliphatic heterocycles. The smallest absolute Gasteiger partial charge is 0.196 e. The minimum atomic E-state index is 0.314. The Balaban J connectivity index is 1.62. The molecule has 5 heteroatoms. The Morgan fingerprint density at radius 1 is 1.17 bits per heavy atom. The van der Waals surface area contributed by atoms with Gasteiger partial charge in [-0.15, -0.1) is 0 Å². The lowest BCUT2D eigenvalue weighted by Crippen LogP contribution is -2.20. The first-order chi connectivity index (χ1) is 11.6. The summed E-state index contributed by atoms with van der Waals surface area (Å²) in [6.45, 7) is 6.52. The maximum atomic E-state index is 5.51. The van der Waals surface area contributed by atoms with Crippen molar-refractivity contribution in [2.75, 3.05) is 7.05 Å². The Morgan fingerprint density at radius 3 is 2.67 bits per heavy atom. The largest absolute Gasteiger partial charge is 0.448 e. The lowest BCUT2D eigenvalue weighted by atomic mass is 10.2. The van der Waals surface area contributed by atoms with E-state index >= 15 is 0 Å². The van der Waals surface area contributed by atoms with Gasteiger partial charge in [-0.3, -0.25) is 4.90 Å². The van der Waals surface area contributed by atoms with Crippen LogP contribution in [0.5, 0.6) is 0 Å². The van der Waals surface area contributed by atoms with E-state index in [0.29, 0.717) is 5.92 Å². The monoisotopic (exact) mass is 324 g/mol. The zero-order chi connectivity index (χ0) is 16.9. The standard InChI is InChI=1S/C19H24N4O/c1-15(2)19-21-17(14-24-19)12-22(3)13-18-20-9-10-23(18)11-16-7-5-4-6-8-16/h4-10,14-15H,11-13H2,1-3H3. The zero-order valence-corrected chi connectivity index (χ0v) is 14.5. The Hall–Kier alpha value is -2.40. The predicted molar refractivity (Wildman–Crippen MR) is 93.5 cm³/mol. The van der Waals surface area contributed by atoms with E-state index in [1.165, 1.54) is 5.56 Å². The van der Waals surface area contributed by atoms with E-state index in [4.69, 9.17) is 4.42 Å². The van der Waals surface area contributed by atoms with Crippen molar-refractivity contribution in [2.45, 2.75) is 39.4 Å². The molecule has 0 saturated heterocycles. The van der Waals surface area contributed by atoms with Crippen molar-refractivity contribution in [3.05, 3.63) is 72.0 Å². The van der Waals surface area contributed by atoms with Crippen LogP contribution in [-0.2, 0) is 19.6 Å². The summed E-state index contributed by atoms with van der Waals surface area (Å²) >= 11 is 0. The number of hydrogen-bond acceptors (Lipinski definition) is 4. The van der Waals surface area contributed by atoms with Crippen LogP contribution in [-0.4, -0.2) is 26.5 Å². The molecular weight excluding hydrogens is 300 g/mol. The normalized spacial score (nSPS) is 11.5. The molecule has 0 amide bonds. The number of nitrogens with zero attached hydrogens (tertiary/aromatic N) is 4. The molecule has 0 atom stereocenters. The quantitative estimate of drug-likeness (QED) is 0.665. The molecule has 0 unspecified atom stereocenters. The highest BCUT2D eigenvalue weighted by atomic mass is 16.3. The summed E-state index contributed by atoms with van der Waals surface area (Å²) in [5.41, 5.74) is 2.24.